The summed E-state index contributed by atoms with van der Waals surface area (Å²) in [5, 5.41) is 10.1. The van der Waals surface area contributed by atoms with Gasteiger partial charge in [-0.2, -0.15) is 0 Å². The SMILES string of the molecule is CC(C)(C)c1ccc(C=C(F)[N+](=O)[O-])cc1. The fraction of sp³-hybridized carbons (Fsp3) is 0.333. The highest BCUT2D eigenvalue weighted by Gasteiger charge is 2.13. The Balaban J connectivity index is 2.97. The van der Waals surface area contributed by atoms with Crippen LogP contribution in [-0.2, 0) is 5.41 Å². The highest BCUT2D eigenvalue weighted by molar-refractivity contribution is 5.50. The van der Waals surface area contributed by atoms with E-state index >= 15 is 0 Å². The number of hydrogen-bond acceptors (Lipinski definition) is 2. The van der Waals surface area contributed by atoms with E-state index in [-0.39, 0.29) is 5.41 Å². The quantitative estimate of drug-likeness (QED) is 0.437. The van der Waals surface area contributed by atoms with Crippen molar-refractivity contribution in [3.63, 3.8) is 0 Å². The van der Waals surface area contributed by atoms with Gasteiger partial charge in [0.1, 0.15) is 0 Å². The molecule has 0 bridgehead atoms. The Morgan fingerprint density at radius 1 is 1.31 bits per heavy atom. The molecule has 0 heterocycles. The van der Waals surface area contributed by atoms with Crippen LogP contribution in [-0.4, -0.2) is 4.92 Å². The second kappa shape index (κ2) is 4.43. The predicted octanol–water partition coefficient (Wildman–Crippen LogP) is 3.53. The third-order valence-electron chi connectivity index (χ3n) is 2.24. The topological polar surface area (TPSA) is 43.1 Å². The van der Waals surface area contributed by atoms with Crippen LogP contribution in [0.4, 0.5) is 4.39 Å². The molecule has 0 aliphatic carbocycles. The Kier molecular flexibility index (Phi) is 3.42. The van der Waals surface area contributed by atoms with Gasteiger partial charge in [0.05, 0.1) is 11.0 Å². The molecule has 0 fully saturated rings. The lowest BCUT2D eigenvalue weighted by molar-refractivity contribution is -0.445. The molecule has 3 nitrogen and oxygen atoms in total. The van der Waals surface area contributed by atoms with Crippen LogP contribution in [0.15, 0.2) is 30.2 Å². The van der Waals surface area contributed by atoms with Crippen molar-refractivity contribution in [1.82, 2.24) is 0 Å². The standard InChI is InChI=1S/C12H14FNO2/c1-12(2,3)10-6-4-9(5-7-10)8-11(13)14(15)16/h4-8H,1-3H3. The number of hydrogen-bond donors (Lipinski definition) is 0. The minimum atomic E-state index is -1.34. The second-order valence-electron chi connectivity index (χ2n) is 4.60. The van der Waals surface area contributed by atoms with Crippen LogP contribution in [0.1, 0.15) is 31.9 Å². The molecule has 0 aliphatic rings. The lowest BCUT2D eigenvalue weighted by Gasteiger charge is -2.18. The minimum Gasteiger partial charge on any atom is -0.256 e. The molecule has 4 heteroatoms. The summed E-state index contributed by atoms with van der Waals surface area (Å²) >= 11 is 0. The molecule has 0 unspecified atom stereocenters. The Labute approximate surface area is 93.7 Å². The molecule has 0 atom stereocenters. The maximum atomic E-state index is 12.7. The van der Waals surface area contributed by atoms with Crippen LogP contribution in [0.5, 0.6) is 0 Å². The molecular weight excluding hydrogens is 209 g/mol. The third-order valence-corrected chi connectivity index (χ3v) is 2.24. The first-order chi connectivity index (χ1) is 7.30. The number of nitrogens with zero attached hydrogens (tertiary/aromatic N) is 1. The molecular formula is C12H14FNO2. The van der Waals surface area contributed by atoms with Crippen LogP contribution >= 0.6 is 0 Å². The van der Waals surface area contributed by atoms with Crippen LogP contribution in [0.2, 0.25) is 0 Å². The van der Waals surface area contributed by atoms with Crippen molar-refractivity contribution in [1.29, 1.82) is 0 Å². The molecule has 0 aromatic heterocycles. The lowest BCUT2D eigenvalue weighted by atomic mass is 9.87. The van der Waals surface area contributed by atoms with Crippen molar-refractivity contribution in [2.45, 2.75) is 26.2 Å². The molecule has 1 rings (SSSR count). The van der Waals surface area contributed by atoms with Crippen molar-refractivity contribution >= 4 is 6.08 Å². The summed E-state index contributed by atoms with van der Waals surface area (Å²) in [4.78, 5) is 9.05. The van der Waals surface area contributed by atoms with Gasteiger partial charge in [-0.3, -0.25) is 10.1 Å². The average Bonchev–Trinajstić information content (AvgIpc) is 2.17. The first kappa shape index (κ1) is 12.4. The van der Waals surface area contributed by atoms with Gasteiger partial charge >= 0.3 is 5.95 Å². The summed E-state index contributed by atoms with van der Waals surface area (Å²) in [6.07, 6.45) is 0.909. The van der Waals surface area contributed by atoms with Gasteiger partial charge in [0.25, 0.3) is 0 Å². The van der Waals surface area contributed by atoms with Crippen LogP contribution in [0.3, 0.4) is 0 Å². The van der Waals surface area contributed by atoms with E-state index in [4.69, 9.17) is 0 Å². The molecule has 0 saturated carbocycles. The van der Waals surface area contributed by atoms with Crippen LogP contribution in [0, 0.1) is 10.1 Å². The Bertz CT molecular complexity index is 416. The van der Waals surface area contributed by atoms with Crippen molar-refractivity contribution < 1.29 is 9.31 Å². The minimum absolute atomic E-state index is 0.0178. The van der Waals surface area contributed by atoms with Gasteiger partial charge in [-0.15, -0.1) is 4.39 Å². The van der Waals surface area contributed by atoms with Gasteiger partial charge in [0.2, 0.25) is 0 Å². The Hall–Kier alpha value is -1.71. The zero-order chi connectivity index (χ0) is 12.3. The number of halogens is 1. The van der Waals surface area contributed by atoms with Crippen LogP contribution in [0.25, 0.3) is 6.08 Å². The second-order valence-corrected chi connectivity index (χ2v) is 4.60. The number of benzene rings is 1. The summed E-state index contributed by atoms with van der Waals surface area (Å²) in [6, 6.07) is 7.03. The summed E-state index contributed by atoms with van der Waals surface area (Å²) in [5.41, 5.74) is 1.61. The molecule has 0 amide bonds. The number of rotatable bonds is 2. The molecule has 16 heavy (non-hydrogen) atoms. The molecule has 0 radical (unpaired) electrons. The summed E-state index contributed by atoms with van der Waals surface area (Å²) in [7, 11) is 0. The fourth-order valence-corrected chi connectivity index (χ4v) is 1.27. The fourth-order valence-electron chi connectivity index (χ4n) is 1.27. The maximum absolute atomic E-state index is 12.7. The van der Waals surface area contributed by atoms with E-state index in [1.54, 1.807) is 12.1 Å². The molecule has 0 aliphatic heterocycles. The van der Waals surface area contributed by atoms with Gasteiger partial charge in [-0.1, -0.05) is 45.0 Å². The maximum Gasteiger partial charge on any atom is 0.419 e. The summed E-state index contributed by atoms with van der Waals surface area (Å²) in [5.74, 6) is -1.34. The average molecular weight is 223 g/mol. The van der Waals surface area contributed by atoms with Crippen molar-refractivity contribution in [3.8, 4) is 0 Å². The van der Waals surface area contributed by atoms with E-state index in [2.05, 4.69) is 20.8 Å². The first-order valence-corrected chi connectivity index (χ1v) is 4.93. The van der Waals surface area contributed by atoms with Gasteiger partial charge in [-0.05, 0) is 16.5 Å². The van der Waals surface area contributed by atoms with E-state index < -0.39 is 10.9 Å². The van der Waals surface area contributed by atoms with E-state index in [0.717, 1.165) is 11.6 Å². The Morgan fingerprint density at radius 3 is 2.19 bits per heavy atom. The van der Waals surface area contributed by atoms with Gasteiger partial charge in [-0.25, -0.2) is 0 Å². The highest BCUT2D eigenvalue weighted by Crippen LogP contribution is 2.22. The van der Waals surface area contributed by atoms with Crippen LogP contribution < -0.4 is 0 Å². The highest BCUT2D eigenvalue weighted by atomic mass is 19.1. The zero-order valence-corrected chi connectivity index (χ0v) is 9.53. The largest absolute Gasteiger partial charge is 0.419 e. The molecule has 1 aromatic carbocycles. The van der Waals surface area contributed by atoms with E-state index in [9.17, 15) is 14.5 Å². The van der Waals surface area contributed by atoms with E-state index in [1.165, 1.54) is 0 Å². The summed E-state index contributed by atoms with van der Waals surface area (Å²) in [6.45, 7) is 6.19. The predicted molar refractivity (Wildman–Crippen MR) is 61.2 cm³/mol. The van der Waals surface area contributed by atoms with E-state index in [0.29, 0.717) is 5.56 Å². The smallest absolute Gasteiger partial charge is 0.256 e. The first-order valence-electron chi connectivity index (χ1n) is 4.93. The van der Waals surface area contributed by atoms with Gasteiger partial charge in [0, 0.05) is 0 Å². The molecule has 0 spiro atoms. The molecule has 0 saturated heterocycles. The molecule has 1 aromatic rings. The normalized spacial score (nSPS) is 12.6. The van der Waals surface area contributed by atoms with E-state index in [1.807, 2.05) is 12.1 Å². The van der Waals surface area contributed by atoms with Crippen molar-refractivity contribution in [2.75, 3.05) is 0 Å². The number of nitro groups is 1. The van der Waals surface area contributed by atoms with Gasteiger partial charge in [0.15, 0.2) is 0 Å². The Morgan fingerprint density at radius 2 is 1.81 bits per heavy atom. The molecule has 0 N–H and O–H groups in total. The van der Waals surface area contributed by atoms with Crippen molar-refractivity contribution in [2.24, 2.45) is 0 Å². The van der Waals surface area contributed by atoms with Gasteiger partial charge < -0.3 is 0 Å². The van der Waals surface area contributed by atoms with Crippen molar-refractivity contribution in [3.05, 3.63) is 51.5 Å². The zero-order valence-electron chi connectivity index (χ0n) is 9.53. The monoisotopic (exact) mass is 223 g/mol. The molecule has 86 valence electrons. The summed E-state index contributed by atoms with van der Waals surface area (Å²) < 4.78 is 12.7. The lowest BCUT2D eigenvalue weighted by Crippen LogP contribution is -2.10. The third kappa shape index (κ3) is 3.15.